The van der Waals surface area contributed by atoms with Crippen LogP contribution in [0.4, 0.5) is 0 Å². The summed E-state index contributed by atoms with van der Waals surface area (Å²) >= 11 is 0. The van der Waals surface area contributed by atoms with Gasteiger partial charge in [0.05, 0.1) is 17.1 Å². The fourth-order valence-electron chi connectivity index (χ4n) is 5.60. The van der Waals surface area contributed by atoms with Crippen LogP contribution in [-0.2, 0) is 0 Å². The number of pyridine rings is 1. The van der Waals surface area contributed by atoms with E-state index >= 15 is 0 Å². The average Bonchev–Trinajstić information content (AvgIpc) is 3.47. The zero-order chi connectivity index (χ0) is 28.6. The van der Waals surface area contributed by atoms with E-state index in [2.05, 4.69) is 77.8 Å². The van der Waals surface area contributed by atoms with E-state index in [-0.39, 0.29) is 0 Å². The first-order chi connectivity index (χ1) is 21.3. The van der Waals surface area contributed by atoms with Gasteiger partial charge in [-0.3, -0.25) is 4.98 Å². The lowest BCUT2D eigenvalue weighted by Crippen LogP contribution is -1.97. The Kier molecular flexibility index (Phi) is 6.08. The van der Waals surface area contributed by atoms with Crippen molar-refractivity contribution in [2.45, 2.75) is 0 Å². The van der Waals surface area contributed by atoms with E-state index in [0.717, 1.165) is 72.4 Å². The lowest BCUT2D eigenvalue weighted by molar-refractivity contribution is 0.669. The zero-order valence-corrected chi connectivity index (χ0v) is 23.2. The third-order valence-corrected chi connectivity index (χ3v) is 7.73. The number of fused-ring (bicyclic) bond motifs is 3. The van der Waals surface area contributed by atoms with Gasteiger partial charge in [-0.05, 0) is 76.9 Å². The predicted molar refractivity (Wildman–Crippen MR) is 174 cm³/mol. The highest BCUT2D eigenvalue weighted by atomic mass is 16.3. The summed E-state index contributed by atoms with van der Waals surface area (Å²) in [5, 5.41) is 2.22. The molecule has 0 aliphatic carbocycles. The van der Waals surface area contributed by atoms with Crippen LogP contribution < -0.4 is 0 Å². The van der Waals surface area contributed by atoms with Crippen LogP contribution in [0.5, 0.6) is 0 Å². The van der Waals surface area contributed by atoms with Crippen molar-refractivity contribution in [2.24, 2.45) is 0 Å². The van der Waals surface area contributed by atoms with Gasteiger partial charge in [0.25, 0.3) is 0 Å². The largest absolute Gasteiger partial charge is 0.456 e. The molecule has 43 heavy (non-hydrogen) atoms. The molecule has 202 valence electrons. The van der Waals surface area contributed by atoms with Gasteiger partial charge in [-0.2, -0.15) is 0 Å². The molecule has 0 aliphatic rings. The first kappa shape index (κ1) is 24.9. The van der Waals surface area contributed by atoms with Gasteiger partial charge in [0.2, 0.25) is 0 Å². The fraction of sp³-hybridized carbons (Fsp3) is 0. The van der Waals surface area contributed by atoms with Crippen LogP contribution in [0.15, 0.2) is 156 Å². The van der Waals surface area contributed by atoms with E-state index in [1.807, 2.05) is 72.8 Å². The maximum absolute atomic E-state index is 6.12. The summed E-state index contributed by atoms with van der Waals surface area (Å²) < 4.78 is 6.12. The van der Waals surface area contributed by atoms with E-state index in [0.29, 0.717) is 5.82 Å². The molecule has 3 aromatic heterocycles. The molecule has 0 saturated carbocycles. The second kappa shape index (κ2) is 10.5. The summed E-state index contributed by atoms with van der Waals surface area (Å²) in [6, 6.07) is 49.8. The van der Waals surface area contributed by atoms with Gasteiger partial charge in [0, 0.05) is 28.1 Å². The number of aromatic nitrogens is 3. The van der Waals surface area contributed by atoms with E-state index in [4.69, 9.17) is 14.4 Å². The minimum Gasteiger partial charge on any atom is -0.456 e. The van der Waals surface area contributed by atoms with Crippen LogP contribution in [0.2, 0.25) is 0 Å². The Balaban J connectivity index is 1.35. The Bertz CT molecular complexity index is 2170. The SMILES string of the molecule is c1ccc(-c2cc(-c3ccc4oc5ccccc5c4c3)cc(-c3cc(-c4ccccn4)nc(-c4ccccc4)n3)c2)cc1. The van der Waals surface area contributed by atoms with Crippen LogP contribution in [0.3, 0.4) is 0 Å². The summed E-state index contributed by atoms with van der Waals surface area (Å²) in [5.41, 5.74) is 10.6. The lowest BCUT2D eigenvalue weighted by atomic mass is 9.94. The molecule has 0 unspecified atom stereocenters. The molecule has 0 bridgehead atoms. The van der Waals surface area contributed by atoms with Crippen molar-refractivity contribution in [3.8, 4) is 56.3 Å². The van der Waals surface area contributed by atoms with E-state index in [9.17, 15) is 0 Å². The quantitative estimate of drug-likeness (QED) is 0.214. The summed E-state index contributed by atoms with van der Waals surface area (Å²) in [5.74, 6) is 0.664. The van der Waals surface area contributed by atoms with Gasteiger partial charge in [0.1, 0.15) is 11.2 Å². The van der Waals surface area contributed by atoms with Gasteiger partial charge < -0.3 is 4.42 Å². The van der Waals surface area contributed by atoms with Gasteiger partial charge in [0.15, 0.2) is 5.82 Å². The van der Waals surface area contributed by atoms with Crippen molar-refractivity contribution in [3.05, 3.63) is 152 Å². The second-order valence-electron chi connectivity index (χ2n) is 10.5. The Labute approximate surface area is 249 Å². The molecule has 0 fully saturated rings. The third-order valence-electron chi connectivity index (χ3n) is 7.73. The average molecular weight is 552 g/mol. The highest BCUT2D eigenvalue weighted by molar-refractivity contribution is 6.06. The third kappa shape index (κ3) is 4.75. The van der Waals surface area contributed by atoms with E-state index in [1.54, 1.807) is 6.20 Å². The van der Waals surface area contributed by atoms with Gasteiger partial charge >= 0.3 is 0 Å². The van der Waals surface area contributed by atoms with Crippen molar-refractivity contribution in [1.29, 1.82) is 0 Å². The minimum absolute atomic E-state index is 0.664. The van der Waals surface area contributed by atoms with E-state index in [1.165, 1.54) is 0 Å². The van der Waals surface area contributed by atoms with Gasteiger partial charge in [-0.1, -0.05) is 91.0 Å². The molecule has 8 aromatic rings. The molecule has 0 saturated heterocycles. The lowest BCUT2D eigenvalue weighted by Gasteiger charge is -2.13. The summed E-state index contributed by atoms with van der Waals surface area (Å²) in [7, 11) is 0. The van der Waals surface area contributed by atoms with Crippen LogP contribution in [0, 0.1) is 0 Å². The predicted octanol–water partition coefficient (Wildman–Crippen LogP) is 10.1. The molecule has 0 N–H and O–H groups in total. The number of benzene rings is 5. The maximum Gasteiger partial charge on any atom is 0.160 e. The summed E-state index contributed by atoms with van der Waals surface area (Å²) in [6.07, 6.45) is 1.79. The number of hydrogen-bond donors (Lipinski definition) is 0. The molecular weight excluding hydrogens is 526 g/mol. The smallest absolute Gasteiger partial charge is 0.160 e. The Hall–Kier alpha value is -5.87. The first-order valence-corrected chi connectivity index (χ1v) is 14.3. The molecule has 0 aliphatic heterocycles. The summed E-state index contributed by atoms with van der Waals surface area (Å²) in [6.45, 7) is 0. The number of para-hydroxylation sites is 1. The van der Waals surface area contributed by atoms with E-state index < -0.39 is 0 Å². The molecular formula is C39H25N3O. The van der Waals surface area contributed by atoms with Crippen LogP contribution in [0.1, 0.15) is 0 Å². The Morgan fingerprint density at radius 3 is 1.81 bits per heavy atom. The standard InChI is InChI=1S/C39H25N3O/c1-3-11-26(12-4-1)29-21-30(28-18-19-38-33(24-28)32-15-7-8-17-37(32)43-38)23-31(22-29)35-25-36(34-16-9-10-20-40-34)42-39(41-35)27-13-5-2-6-14-27/h1-25H. The van der Waals surface area contributed by atoms with Crippen molar-refractivity contribution < 1.29 is 4.42 Å². The monoisotopic (exact) mass is 551 g/mol. The molecule has 0 atom stereocenters. The number of nitrogens with zero attached hydrogens (tertiary/aromatic N) is 3. The molecule has 4 heteroatoms. The first-order valence-electron chi connectivity index (χ1n) is 14.3. The molecule has 4 nitrogen and oxygen atoms in total. The van der Waals surface area contributed by atoms with Crippen LogP contribution in [0.25, 0.3) is 78.2 Å². The topological polar surface area (TPSA) is 51.8 Å². The molecule has 5 aromatic carbocycles. The molecule has 8 rings (SSSR count). The van der Waals surface area contributed by atoms with Gasteiger partial charge in [-0.15, -0.1) is 0 Å². The number of furan rings is 1. The van der Waals surface area contributed by atoms with Crippen LogP contribution in [-0.4, -0.2) is 15.0 Å². The Morgan fingerprint density at radius 1 is 0.372 bits per heavy atom. The van der Waals surface area contributed by atoms with Crippen molar-refractivity contribution in [3.63, 3.8) is 0 Å². The molecule has 0 amide bonds. The van der Waals surface area contributed by atoms with Gasteiger partial charge in [-0.25, -0.2) is 9.97 Å². The molecule has 0 radical (unpaired) electrons. The van der Waals surface area contributed by atoms with Crippen molar-refractivity contribution in [2.75, 3.05) is 0 Å². The second-order valence-corrected chi connectivity index (χ2v) is 10.5. The molecule has 3 heterocycles. The van der Waals surface area contributed by atoms with Crippen molar-refractivity contribution in [1.82, 2.24) is 15.0 Å². The highest BCUT2D eigenvalue weighted by Crippen LogP contribution is 2.37. The van der Waals surface area contributed by atoms with Crippen molar-refractivity contribution >= 4 is 21.9 Å². The number of rotatable bonds is 5. The normalized spacial score (nSPS) is 11.3. The highest BCUT2D eigenvalue weighted by Gasteiger charge is 2.15. The molecule has 0 spiro atoms. The maximum atomic E-state index is 6.12. The number of hydrogen-bond acceptors (Lipinski definition) is 4. The fourth-order valence-corrected chi connectivity index (χ4v) is 5.60. The summed E-state index contributed by atoms with van der Waals surface area (Å²) in [4.78, 5) is 14.6. The Morgan fingerprint density at radius 2 is 1.02 bits per heavy atom. The minimum atomic E-state index is 0.664. The van der Waals surface area contributed by atoms with Crippen LogP contribution >= 0.6 is 0 Å². The zero-order valence-electron chi connectivity index (χ0n) is 23.2.